The van der Waals surface area contributed by atoms with Gasteiger partial charge in [-0.3, -0.25) is 4.84 Å². The maximum Gasteiger partial charge on any atom is 0.124 e. The zero-order valence-electron chi connectivity index (χ0n) is 15.7. The number of hydrogen-bond donors (Lipinski definition) is 2. The van der Waals surface area contributed by atoms with Crippen molar-refractivity contribution in [1.82, 2.24) is 5.48 Å². The van der Waals surface area contributed by atoms with Crippen LogP contribution in [0, 0.1) is 0 Å². The van der Waals surface area contributed by atoms with Gasteiger partial charge in [0.25, 0.3) is 0 Å². The van der Waals surface area contributed by atoms with Gasteiger partial charge < -0.3 is 5.11 Å². The average Bonchev–Trinajstić information content (AvgIpc) is 2.53. The Labute approximate surface area is 144 Å². The molecule has 0 aromatic rings. The van der Waals surface area contributed by atoms with E-state index in [2.05, 4.69) is 24.6 Å². The Balaban J connectivity index is 3.05. The maximum absolute atomic E-state index is 8.95. The van der Waals surface area contributed by atoms with E-state index >= 15 is 0 Å². The first-order chi connectivity index (χ1) is 11.3. The summed E-state index contributed by atoms with van der Waals surface area (Å²) in [4.78, 5) is 5.11. The first-order valence-electron chi connectivity index (χ1n) is 9.97. The minimum absolute atomic E-state index is 0.580. The molecule has 3 heteroatoms. The second kappa shape index (κ2) is 19.7. The van der Waals surface area contributed by atoms with Crippen molar-refractivity contribution in [3.8, 4) is 0 Å². The molecule has 1 atom stereocenters. The maximum atomic E-state index is 8.95. The van der Waals surface area contributed by atoms with E-state index in [1.165, 1.54) is 83.5 Å². The molecule has 0 aliphatic heterocycles. The number of aliphatic hydroxyl groups excluding tert-OH is 1. The van der Waals surface area contributed by atoms with Gasteiger partial charge in [0, 0.05) is 0 Å². The predicted molar refractivity (Wildman–Crippen MR) is 100 cm³/mol. The topological polar surface area (TPSA) is 41.5 Å². The molecule has 0 aliphatic rings. The van der Waals surface area contributed by atoms with Crippen molar-refractivity contribution in [2.75, 3.05) is 6.61 Å². The molecule has 0 heterocycles. The van der Waals surface area contributed by atoms with Crippen LogP contribution in [0.4, 0.5) is 0 Å². The molecule has 0 rings (SSSR count). The van der Waals surface area contributed by atoms with E-state index in [4.69, 9.17) is 9.94 Å². The van der Waals surface area contributed by atoms with Gasteiger partial charge in [-0.05, 0) is 39.0 Å². The lowest BCUT2D eigenvalue weighted by molar-refractivity contribution is -0.0494. The van der Waals surface area contributed by atoms with Crippen molar-refractivity contribution >= 4 is 0 Å². The highest BCUT2D eigenvalue weighted by Gasteiger charge is 1.94. The molecule has 1 unspecified atom stereocenters. The van der Waals surface area contributed by atoms with Crippen LogP contribution in [0.15, 0.2) is 12.2 Å². The number of unbranched alkanes of at least 4 members (excludes halogenated alkanes) is 12. The fourth-order valence-electron chi connectivity index (χ4n) is 2.60. The Morgan fingerprint density at radius 3 is 1.78 bits per heavy atom. The third-order valence-corrected chi connectivity index (χ3v) is 4.01. The van der Waals surface area contributed by atoms with E-state index in [0.717, 1.165) is 6.42 Å². The third kappa shape index (κ3) is 21.6. The molecular formula is C20H41NO2. The van der Waals surface area contributed by atoms with Gasteiger partial charge >= 0.3 is 0 Å². The highest BCUT2D eigenvalue weighted by atomic mass is 16.7. The van der Waals surface area contributed by atoms with Gasteiger partial charge in [-0.25, -0.2) is 0 Å². The number of nitrogens with one attached hydrogen (secondary N) is 1. The number of allylic oxidation sites excluding steroid dienone is 2. The fourth-order valence-corrected chi connectivity index (χ4v) is 2.60. The summed E-state index contributed by atoms with van der Waals surface area (Å²) in [6.07, 6.45) is 22.6. The largest absolute Gasteiger partial charge is 0.377 e. The van der Waals surface area contributed by atoms with Crippen LogP contribution in [0.25, 0.3) is 0 Å². The predicted octanol–water partition coefficient (Wildman–Crippen LogP) is 5.88. The second-order valence-corrected chi connectivity index (χ2v) is 6.58. The molecule has 0 aromatic heterocycles. The molecule has 3 nitrogen and oxygen atoms in total. The van der Waals surface area contributed by atoms with Crippen molar-refractivity contribution < 1.29 is 9.94 Å². The number of hydroxylamine groups is 1. The van der Waals surface area contributed by atoms with Gasteiger partial charge in [-0.2, -0.15) is 5.48 Å². The summed E-state index contributed by atoms with van der Waals surface area (Å²) in [7, 11) is 0. The Morgan fingerprint density at radius 2 is 1.26 bits per heavy atom. The summed E-state index contributed by atoms with van der Waals surface area (Å²) in [6, 6.07) is 0. The first-order valence-corrected chi connectivity index (χ1v) is 9.97. The molecule has 0 aromatic carbocycles. The van der Waals surface area contributed by atoms with E-state index < -0.39 is 6.23 Å². The van der Waals surface area contributed by atoms with E-state index in [9.17, 15) is 0 Å². The van der Waals surface area contributed by atoms with Crippen LogP contribution >= 0.6 is 0 Å². The molecule has 0 radical (unpaired) electrons. The van der Waals surface area contributed by atoms with Crippen molar-refractivity contribution in [2.45, 2.75) is 110 Å². The normalized spacial score (nSPS) is 13.0. The highest BCUT2D eigenvalue weighted by Crippen LogP contribution is 2.09. The van der Waals surface area contributed by atoms with Gasteiger partial charge in [0.2, 0.25) is 0 Å². The van der Waals surface area contributed by atoms with E-state index in [1.54, 1.807) is 6.92 Å². The van der Waals surface area contributed by atoms with Gasteiger partial charge in [-0.15, -0.1) is 0 Å². The molecule has 0 bridgehead atoms. The molecule has 0 aliphatic carbocycles. The fraction of sp³-hybridized carbons (Fsp3) is 0.900. The zero-order chi connectivity index (χ0) is 17.0. The van der Waals surface area contributed by atoms with Crippen LogP contribution in [0.1, 0.15) is 104 Å². The molecule has 23 heavy (non-hydrogen) atoms. The molecule has 0 saturated carbocycles. The number of rotatable bonds is 18. The SMILES string of the molecule is CCCCCCCC/C=C\CCCCCCCCONC(C)O. The summed E-state index contributed by atoms with van der Waals surface area (Å²) in [5.41, 5.74) is 2.55. The van der Waals surface area contributed by atoms with Crippen molar-refractivity contribution in [3.63, 3.8) is 0 Å². The smallest absolute Gasteiger partial charge is 0.124 e. The van der Waals surface area contributed by atoms with Gasteiger partial charge in [0.05, 0.1) is 6.61 Å². The lowest BCUT2D eigenvalue weighted by Gasteiger charge is -2.07. The van der Waals surface area contributed by atoms with Crippen LogP contribution < -0.4 is 5.48 Å². The Hall–Kier alpha value is -0.380. The monoisotopic (exact) mass is 327 g/mol. The quantitative estimate of drug-likeness (QED) is 0.143. The highest BCUT2D eigenvalue weighted by molar-refractivity contribution is 4.81. The second-order valence-electron chi connectivity index (χ2n) is 6.58. The lowest BCUT2D eigenvalue weighted by Crippen LogP contribution is -2.25. The van der Waals surface area contributed by atoms with Crippen LogP contribution in [-0.2, 0) is 4.84 Å². The third-order valence-electron chi connectivity index (χ3n) is 4.01. The number of aliphatic hydroxyl groups is 1. The summed E-state index contributed by atoms with van der Waals surface area (Å²) >= 11 is 0. The molecule has 0 spiro atoms. The summed E-state index contributed by atoms with van der Waals surface area (Å²) in [5, 5.41) is 8.95. The van der Waals surface area contributed by atoms with Crippen molar-refractivity contribution in [1.29, 1.82) is 0 Å². The van der Waals surface area contributed by atoms with Crippen LogP contribution in [0.3, 0.4) is 0 Å². The Kier molecular flexibility index (Phi) is 19.3. The van der Waals surface area contributed by atoms with E-state index in [-0.39, 0.29) is 0 Å². The average molecular weight is 328 g/mol. The van der Waals surface area contributed by atoms with Crippen LogP contribution in [0.5, 0.6) is 0 Å². The van der Waals surface area contributed by atoms with E-state index in [0.29, 0.717) is 6.61 Å². The standard InChI is InChI=1S/C20H41NO2/c1-3-4-5-6-7-8-9-10-11-12-13-14-15-16-17-18-19-23-21-20(2)22/h10-11,20-22H,3-9,12-19H2,1-2H3/b11-10-. The Bertz CT molecular complexity index is 242. The molecular weight excluding hydrogens is 286 g/mol. The molecule has 2 N–H and O–H groups in total. The van der Waals surface area contributed by atoms with E-state index in [1.807, 2.05) is 0 Å². The summed E-state index contributed by atoms with van der Waals surface area (Å²) in [6.45, 7) is 4.61. The first kappa shape index (κ1) is 22.6. The molecule has 138 valence electrons. The van der Waals surface area contributed by atoms with Gasteiger partial charge in [-0.1, -0.05) is 76.9 Å². The number of hydrogen-bond acceptors (Lipinski definition) is 3. The lowest BCUT2D eigenvalue weighted by atomic mass is 10.1. The molecule has 0 fully saturated rings. The summed E-state index contributed by atoms with van der Waals surface area (Å²) in [5.74, 6) is 0. The molecule has 0 saturated heterocycles. The van der Waals surface area contributed by atoms with Crippen LogP contribution in [-0.4, -0.2) is 17.9 Å². The van der Waals surface area contributed by atoms with Crippen molar-refractivity contribution in [3.05, 3.63) is 12.2 Å². The van der Waals surface area contributed by atoms with Crippen LogP contribution in [0.2, 0.25) is 0 Å². The van der Waals surface area contributed by atoms with Gasteiger partial charge in [0.15, 0.2) is 0 Å². The molecule has 0 amide bonds. The van der Waals surface area contributed by atoms with Gasteiger partial charge in [0.1, 0.15) is 6.23 Å². The minimum Gasteiger partial charge on any atom is -0.377 e. The minimum atomic E-state index is -0.580. The van der Waals surface area contributed by atoms with Crippen molar-refractivity contribution in [2.24, 2.45) is 0 Å². The summed E-state index contributed by atoms with van der Waals surface area (Å²) < 4.78 is 0. The Morgan fingerprint density at radius 1 is 0.783 bits per heavy atom. The zero-order valence-corrected chi connectivity index (χ0v) is 15.7.